The van der Waals surface area contributed by atoms with Gasteiger partial charge < -0.3 is 15.1 Å². The van der Waals surface area contributed by atoms with E-state index in [1.807, 2.05) is 26.8 Å². The van der Waals surface area contributed by atoms with E-state index in [1.54, 1.807) is 0 Å². The van der Waals surface area contributed by atoms with Gasteiger partial charge in [0.2, 0.25) is 10.1 Å². The summed E-state index contributed by atoms with van der Waals surface area (Å²) in [6.45, 7) is 8.59. The molecule has 2 rings (SSSR count). The highest BCUT2D eigenvalue weighted by Gasteiger charge is 2.18. The van der Waals surface area contributed by atoms with Crippen LogP contribution in [-0.4, -0.2) is 22.6 Å². The Kier molecular flexibility index (Phi) is 4.95. The summed E-state index contributed by atoms with van der Waals surface area (Å²) in [5.41, 5.74) is 0.981. The molecule has 0 saturated heterocycles. The molecule has 2 aromatic heterocycles. The third-order valence-electron chi connectivity index (χ3n) is 3.04. The fraction of sp³-hybridized carbons (Fsp3) is 0.500. The lowest BCUT2D eigenvalue weighted by molar-refractivity contribution is 0.0938. The molecule has 0 saturated carbocycles. The fourth-order valence-corrected chi connectivity index (χ4v) is 2.71. The lowest BCUT2D eigenvalue weighted by Crippen LogP contribution is -2.26. The Labute approximate surface area is 128 Å². The third kappa shape index (κ3) is 3.81. The van der Waals surface area contributed by atoms with Gasteiger partial charge >= 0.3 is 0 Å². The Hall–Kier alpha value is -1.89. The number of carbonyl (C=O) groups excluding carboxylic acids is 1. The van der Waals surface area contributed by atoms with E-state index >= 15 is 0 Å². The van der Waals surface area contributed by atoms with Gasteiger partial charge in [0, 0.05) is 12.1 Å². The van der Waals surface area contributed by atoms with Crippen LogP contribution in [0.3, 0.4) is 0 Å². The van der Waals surface area contributed by atoms with Crippen LogP contribution in [0.4, 0.5) is 5.13 Å². The Morgan fingerprint density at radius 3 is 2.81 bits per heavy atom. The molecular weight excluding hydrogens is 288 g/mol. The monoisotopic (exact) mass is 308 g/mol. The summed E-state index contributed by atoms with van der Waals surface area (Å²) in [6.07, 6.45) is 0.997. The summed E-state index contributed by atoms with van der Waals surface area (Å²) in [6, 6.07) is 1.81. The number of hydrogen-bond donors (Lipinski definition) is 2. The van der Waals surface area contributed by atoms with Gasteiger partial charge in [0.1, 0.15) is 11.5 Å². The minimum Gasteiger partial charge on any atom is -0.466 e. The second kappa shape index (κ2) is 6.71. The van der Waals surface area contributed by atoms with Crippen LogP contribution in [0, 0.1) is 13.8 Å². The molecule has 1 atom stereocenters. The first-order valence-electron chi connectivity index (χ1n) is 6.96. The Morgan fingerprint density at radius 2 is 2.19 bits per heavy atom. The summed E-state index contributed by atoms with van der Waals surface area (Å²) in [4.78, 5) is 12.2. The molecule has 0 bridgehead atoms. The maximum Gasteiger partial charge on any atom is 0.282 e. The van der Waals surface area contributed by atoms with Gasteiger partial charge in [-0.25, -0.2) is 0 Å². The molecular formula is C14H20N4O2S. The van der Waals surface area contributed by atoms with Crippen molar-refractivity contribution in [2.24, 2.45) is 0 Å². The van der Waals surface area contributed by atoms with Gasteiger partial charge in [-0.05, 0) is 33.3 Å². The minimum atomic E-state index is -0.220. The van der Waals surface area contributed by atoms with Crippen LogP contribution in [0.15, 0.2) is 10.5 Å². The molecule has 0 fully saturated rings. The van der Waals surface area contributed by atoms with Gasteiger partial charge in [-0.1, -0.05) is 18.3 Å². The number of nitrogens with one attached hydrogen (secondary N) is 2. The highest BCUT2D eigenvalue weighted by molar-refractivity contribution is 7.17. The molecule has 2 aromatic rings. The Morgan fingerprint density at radius 1 is 1.43 bits per heavy atom. The topological polar surface area (TPSA) is 80.0 Å². The molecule has 2 N–H and O–H groups in total. The first-order valence-corrected chi connectivity index (χ1v) is 7.78. The molecule has 1 amide bonds. The molecule has 0 aliphatic carbocycles. The van der Waals surface area contributed by atoms with Crippen LogP contribution in [0.1, 0.15) is 53.2 Å². The van der Waals surface area contributed by atoms with Crippen molar-refractivity contribution in [1.82, 2.24) is 15.5 Å². The molecule has 21 heavy (non-hydrogen) atoms. The largest absolute Gasteiger partial charge is 0.466 e. The van der Waals surface area contributed by atoms with Crippen molar-refractivity contribution in [3.63, 3.8) is 0 Å². The highest BCUT2D eigenvalue weighted by atomic mass is 32.1. The molecule has 114 valence electrons. The number of carbonyl (C=O) groups is 1. The molecule has 0 aliphatic rings. The zero-order valence-electron chi connectivity index (χ0n) is 12.7. The average Bonchev–Trinajstić information content (AvgIpc) is 3.03. The van der Waals surface area contributed by atoms with Crippen molar-refractivity contribution in [1.29, 1.82) is 0 Å². The molecule has 6 nitrogen and oxygen atoms in total. The van der Waals surface area contributed by atoms with Crippen LogP contribution in [0.2, 0.25) is 0 Å². The molecule has 0 aromatic carbocycles. The van der Waals surface area contributed by atoms with E-state index in [0.717, 1.165) is 30.0 Å². The normalized spacial score (nSPS) is 12.2. The molecule has 0 radical (unpaired) electrons. The van der Waals surface area contributed by atoms with E-state index in [0.29, 0.717) is 10.1 Å². The standard InChI is InChI=1S/C14H20N4O2S/c1-5-6-15-14-18-17-13(21-14)12(19)16-9(3)11-7-8(2)20-10(11)4/h7,9H,5-6H2,1-4H3,(H,15,18)(H,16,19). The van der Waals surface area contributed by atoms with Gasteiger partial charge in [-0.3, -0.25) is 4.79 Å². The number of furan rings is 1. The summed E-state index contributed by atoms with van der Waals surface area (Å²) in [5.74, 6) is 1.44. The number of nitrogens with zero attached hydrogens (tertiary/aromatic N) is 2. The van der Waals surface area contributed by atoms with Gasteiger partial charge in [-0.15, -0.1) is 10.2 Å². The van der Waals surface area contributed by atoms with Crippen LogP contribution in [-0.2, 0) is 0 Å². The van der Waals surface area contributed by atoms with E-state index in [9.17, 15) is 4.79 Å². The molecule has 1 unspecified atom stereocenters. The smallest absolute Gasteiger partial charge is 0.282 e. The van der Waals surface area contributed by atoms with E-state index in [2.05, 4.69) is 27.8 Å². The second-order valence-corrected chi connectivity index (χ2v) is 5.88. The van der Waals surface area contributed by atoms with Crippen LogP contribution < -0.4 is 10.6 Å². The zero-order valence-corrected chi connectivity index (χ0v) is 13.5. The Balaban J connectivity index is 2.00. The summed E-state index contributed by atoms with van der Waals surface area (Å²) >= 11 is 1.26. The van der Waals surface area contributed by atoms with Crippen molar-refractivity contribution in [2.75, 3.05) is 11.9 Å². The number of aromatic nitrogens is 2. The fourth-order valence-electron chi connectivity index (χ4n) is 2.03. The van der Waals surface area contributed by atoms with Crippen LogP contribution in [0.25, 0.3) is 0 Å². The predicted octanol–water partition coefficient (Wildman–Crippen LogP) is 3.06. The average molecular weight is 308 g/mol. The number of anilines is 1. The summed E-state index contributed by atoms with van der Waals surface area (Å²) < 4.78 is 5.48. The first-order chi connectivity index (χ1) is 10.0. The third-order valence-corrected chi connectivity index (χ3v) is 3.92. The summed E-state index contributed by atoms with van der Waals surface area (Å²) in [5, 5.41) is 14.9. The van der Waals surface area contributed by atoms with Gasteiger partial charge in [-0.2, -0.15) is 0 Å². The van der Waals surface area contributed by atoms with Crippen molar-refractivity contribution in [2.45, 2.75) is 40.2 Å². The maximum absolute atomic E-state index is 12.2. The second-order valence-electron chi connectivity index (χ2n) is 4.90. The number of amides is 1. The lowest BCUT2D eigenvalue weighted by Gasteiger charge is -2.11. The Bertz CT molecular complexity index is 620. The van der Waals surface area contributed by atoms with Gasteiger partial charge in [0.15, 0.2) is 0 Å². The molecule has 2 heterocycles. The zero-order chi connectivity index (χ0) is 15.4. The lowest BCUT2D eigenvalue weighted by atomic mass is 10.1. The quantitative estimate of drug-likeness (QED) is 0.857. The van der Waals surface area contributed by atoms with Crippen molar-refractivity contribution in [3.8, 4) is 0 Å². The number of aryl methyl sites for hydroxylation is 2. The number of rotatable bonds is 6. The molecule has 0 aliphatic heterocycles. The maximum atomic E-state index is 12.2. The van der Waals surface area contributed by atoms with Crippen molar-refractivity contribution >= 4 is 22.4 Å². The van der Waals surface area contributed by atoms with Gasteiger partial charge in [0.05, 0.1) is 6.04 Å². The molecule has 0 spiro atoms. The number of hydrogen-bond acceptors (Lipinski definition) is 6. The van der Waals surface area contributed by atoms with Crippen molar-refractivity contribution in [3.05, 3.63) is 28.2 Å². The van der Waals surface area contributed by atoms with E-state index in [4.69, 9.17) is 4.42 Å². The van der Waals surface area contributed by atoms with Crippen molar-refractivity contribution < 1.29 is 9.21 Å². The summed E-state index contributed by atoms with van der Waals surface area (Å²) in [7, 11) is 0. The van der Waals surface area contributed by atoms with E-state index in [-0.39, 0.29) is 11.9 Å². The first kappa shape index (κ1) is 15.5. The van der Waals surface area contributed by atoms with E-state index < -0.39 is 0 Å². The predicted molar refractivity (Wildman–Crippen MR) is 82.8 cm³/mol. The van der Waals surface area contributed by atoms with Crippen LogP contribution >= 0.6 is 11.3 Å². The minimum absolute atomic E-state index is 0.133. The van der Waals surface area contributed by atoms with E-state index in [1.165, 1.54) is 11.3 Å². The van der Waals surface area contributed by atoms with Crippen LogP contribution in [0.5, 0.6) is 0 Å². The SMILES string of the molecule is CCCNc1nnc(C(=O)NC(C)c2cc(C)oc2C)s1. The molecule has 7 heteroatoms. The highest BCUT2D eigenvalue weighted by Crippen LogP contribution is 2.22. The van der Waals surface area contributed by atoms with Gasteiger partial charge in [0.25, 0.3) is 5.91 Å².